The lowest BCUT2D eigenvalue weighted by Gasteiger charge is -2.23. The van der Waals surface area contributed by atoms with Crippen molar-refractivity contribution in [2.75, 3.05) is 38.2 Å². The molecule has 2 rings (SSSR count). The van der Waals surface area contributed by atoms with Gasteiger partial charge in [-0.25, -0.2) is 0 Å². The lowest BCUT2D eigenvalue weighted by Crippen LogP contribution is -2.42. The Bertz CT molecular complexity index is 421. The molecule has 1 amide bonds. The van der Waals surface area contributed by atoms with Crippen molar-refractivity contribution in [1.82, 2.24) is 15.5 Å². The molecular formula is C16H25N3OS. The van der Waals surface area contributed by atoms with E-state index in [1.165, 1.54) is 5.56 Å². The van der Waals surface area contributed by atoms with Gasteiger partial charge in [0.05, 0.1) is 0 Å². The van der Waals surface area contributed by atoms with Crippen LogP contribution in [0.25, 0.3) is 0 Å². The van der Waals surface area contributed by atoms with E-state index in [1.54, 1.807) is 0 Å². The van der Waals surface area contributed by atoms with Gasteiger partial charge in [-0.15, -0.1) is 0 Å². The zero-order valence-electron chi connectivity index (χ0n) is 12.7. The Morgan fingerprint density at radius 1 is 1.43 bits per heavy atom. The molecule has 21 heavy (non-hydrogen) atoms. The van der Waals surface area contributed by atoms with Gasteiger partial charge in [0, 0.05) is 50.1 Å². The van der Waals surface area contributed by atoms with Crippen molar-refractivity contribution < 1.29 is 4.79 Å². The van der Waals surface area contributed by atoms with E-state index in [4.69, 9.17) is 0 Å². The van der Waals surface area contributed by atoms with Crippen molar-refractivity contribution in [3.8, 4) is 0 Å². The Balaban J connectivity index is 1.58. The normalized spacial score (nSPS) is 18.7. The van der Waals surface area contributed by atoms with Gasteiger partial charge in [0.1, 0.15) is 0 Å². The van der Waals surface area contributed by atoms with Crippen molar-refractivity contribution in [2.45, 2.75) is 19.0 Å². The van der Waals surface area contributed by atoms with Crippen molar-refractivity contribution in [1.29, 1.82) is 0 Å². The standard InChI is InChI=1S/C16H25N3OS/c1-19(12-14-5-3-2-4-6-14)9-7-18-16(20)11-15-13-21-10-8-17-15/h2-6,15,17H,7-13H2,1H3,(H,18,20). The third kappa shape index (κ3) is 6.50. The number of benzene rings is 1. The molecule has 1 unspecified atom stereocenters. The van der Waals surface area contributed by atoms with Gasteiger partial charge in [0.2, 0.25) is 5.91 Å². The zero-order valence-corrected chi connectivity index (χ0v) is 13.5. The molecule has 0 aromatic heterocycles. The average Bonchev–Trinajstić information content (AvgIpc) is 2.49. The molecule has 0 aliphatic carbocycles. The summed E-state index contributed by atoms with van der Waals surface area (Å²) in [6.07, 6.45) is 0.593. The highest BCUT2D eigenvalue weighted by Gasteiger charge is 2.16. The number of thioether (sulfide) groups is 1. The highest BCUT2D eigenvalue weighted by Crippen LogP contribution is 2.09. The highest BCUT2D eigenvalue weighted by molar-refractivity contribution is 7.99. The fraction of sp³-hybridized carbons (Fsp3) is 0.562. The summed E-state index contributed by atoms with van der Waals surface area (Å²) in [5.74, 6) is 2.35. The number of carbonyl (C=O) groups is 1. The summed E-state index contributed by atoms with van der Waals surface area (Å²) in [5, 5.41) is 6.41. The molecule has 0 radical (unpaired) electrons. The van der Waals surface area contributed by atoms with Crippen LogP contribution in [0, 0.1) is 0 Å². The molecule has 1 atom stereocenters. The number of nitrogens with zero attached hydrogens (tertiary/aromatic N) is 1. The summed E-state index contributed by atoms with van der Waals surface area (Å²) in [6.45, 7) is 3.51. The topological polar surface area (TPSA) is 44.4 Å². The molecule has 0 saturated carbocycles. The fourth-order valence-electron chi connectivity index (χ4n) is 2.41. The van der Waals surface area contributed by atoms with E-state index in [-0.39, 0.29) is 5.91 Å². The van der Waals surface area contributed by atoms with Crippen LogP contribution < -0.4 is 10.6 Å². The number of nitrogens with one attached hydrogen (secondary N) is 2. The molecule has 1 aromatic carbocycles. The van der Waals surface area contributed by atoms with Crippen LogP contribution >= 0.6 is 11.8 Å². The third-order valence-corrected chi connectivity index (χ3v) is 4.67. The first kappa shape index (κ1) is 16.3. The third-order valence-electron chi connectivity index (χ3n) is 3.54. The van der Waals surface area contributed by atoms with Crippen LogP contribution in [0.2, 0.25) is 0 Å². The first-order chi connectivity index (χ1) is 10.2. The number of hydrogen-bond acceptors (Lipinski definition) is 4. The van der Waals surface area contributed by atoms with Crippen LogP contribution in [0.1, 0.15) is 12.0 Å². The van der Waals surface area contributed by atoms with Crippen molar-refractivity contribution in [3.05, 3.63) is 35.9 Å². The lowest BCUT2D eigenvalue weighted by atomic mass is 10.2. The summed E-state index contributed by atoms with van der Waals surface area (Å²) < 4.78 is 0. The SMILES string of the molecule is CN(CCNC(=O)CC1CSCCN1)Cc1ccccc1. The maximum atomic E-state index is 11.9. The molecule has 1 heterocycles. The number of rotatable bonds is 7. The molecule has 116 valence electrons. The predicted molar refractivity (Wildman–Crippen MR) is 89.5 cm³/mol. The molecule has 1 aliphatic heterocycles. The van der Waals surface area contributed by atoms with Crippen molar-refractivity contribution in [2.24, 2.45) is 0 Å². The summed E-state index contributed by atoms with van der Waals surface area (Å²) in [7, 11) is 2.08. The predicted octanol–water partition coefficient (Wildman–Crippen LogP) is 1.33. The molecule has 5 heteroatoms. The van der Waals surface area contributed by atoms with Gasteiger partial charge in [-0.05, 0) is 12.6 Å². The minimum absolute atomic E-state index is 0.156. The quantitative estimate of drug-likeness (QED) is 0.798. The van der Waals surface area contributed by atoms with E-state index in [9.17, 15) is 4.79 Å². The molecule has 2 N–H and O–H groups in total. The minimum atomic E-state index is 0.156. The van der Waals surface area contributed by atoms with Crippen LogP contribution in [0.15, 0.2) is 30.3 Å². The Morgan fingerprint density at radius 3 is 2.95 bits per heavy atom. The van der Waals surface area contributed by atoms with Crippen LogP contribution in [-0.2, 0) is 11.3 Å². The lowest BCUT2D eigenvalue weighted by molar-refractivity contribution is -0.121. The van der Waals surface area contributed by atoms with Gasteiger partial charge >= 0.3 is 0 Å². The number of carbonyl (C=O) groups excluding carboxylic acids is 1. The first-order valence-electron chi connectivity index (χ1n) is 7.54. The Labute approximate surface area is 131 Å². The smallest absolute Gasteiger partial charge is 0.221 e. The summed E-state index contributed by atoms with van der Waals surface area (Å²) in [4.78, 5) is 14.1. The van der Waals surface area contributed by atoms with Gasteiger partial charge < -0.3 is 15.5 Å². The van der Waals surface area contributed by atoms with E-state index in [0.717, 1.165) is 31.1 Å². The van der Waals surface area contributed by atoms with Gasteiger partial charge in [-0.2, -0.15) is 11.8 Å². The van der Waals surface area contributed by atoms with E-state index >= 15 is 0 Å². The molecule has 0 bridgehead atoms. The second-order valence-electron chi connectivity index (χ2n) is 5.50. The maximum Gasteiger partial charge on any atom is 0.221 e. The molecule has 0 spiro atoms. The zero-order chi connectivity index (χ0) is 14.9. The Hall–Kier alpha value is -1.04. The van der Waals surface area contributed by atoms with Crippen molar-refractivity contribution in [3.63, 3.8) is 0 Å². The first-order valence-corrected chi connectivity index (χ1v) is 8.70. The van der Waals surface area contributed by atoms with E-state index in [0.29, 0.717) is 19.0 Å². The van der Waals surface area contributed by atoms with Crippen LogP contribution in [0.3, 0.4) is 0 Å². The van der Waals surface area contributed by atoms with Gasteiger partial charge in [0.25, 0.3) is 0 Å². The number of likely N-dealkylation sites (N-methyl/N-ethyl adjacent to an activating group) is 1. The monoisotopic (exact) mass is 307 g/mol. The molecule has 1 fully saturated rings. The highest BCUT2D eigenvalue weighted by atomic mass is 32.2. The van der Waals surface area contributed by atoms with E-state index < -0.39 is 0 Å². The Kier molecular flexibility index (Phi) is 7.06. The van der Waals surface area contributed by atoms with E-state index in [1.807, 2.05) is 17.8 Å². The molecule has 1 saturated heterocycles. The number of hydrogen-bond donors (Lipinski definition) is 2. The molecule has 1 aromatic rings. The van der Waals surface area contributed by atoms with Crippen LogP contribution in [0.5, 0.6) is 0 Å². The fourth-order valence-corrected chi connectivity index (χ4v) is 3.36. The molecule has 1 aliphatic rings. The number of amides is 1. The largest absolute Gasteiger partial charge is 0.355 e. The van der Waals surface area contributed by atoms with Gasteiger partial charge in [-0.3, -0.25) is 4.79 Å². The minimum Gasteiger partial charge on any atom is -0.355 e. The molecule has 4 nitrogen and oxygen atoms in total. The summed E-state index contributed by atoms with van der Waals surface area (Å²) in [5.41, 5.74) is 1.30. The van der Waals surface area contributed by atoms with Crippen LogP contribution in [0.4, 0.5) is 0 Å². The second-order valence-corrected chi connectivity index (χ2v) is 6.65. The van der Waals surface area contributed by atoms with Gasteiger partial charge in [0.15, 0.2) is 0 Å². The van der Waals surface area contributed by atoms with Crippen LogP contribution in [-0.4, -0.2) is 55.0 Å². The second kappa shape index (κ2) is 9.07. The van der Waals surface area contributed by atoms with Gasteiger partial charge in [-0.1, -0.05) is 30.3 Å². The summed E-state index contributed by atoms with van der Waals surface area (Å²) >= 11 is 1.92. The van der Waals surface area contributed by atoms with Crippen molar-refractivity contribution >= 4 is 17.7 Å². The average molecular weight is 307 g/mol. The van der Waals surface area contributed by atoms with E-state index in [2.05, 4.69) is 46.8 Å². The molecular weight excluding hydrogens is 282 g/mol. The maximum absolute atomic E-state index is 11.9. The Morgan fingerprint density at radius 2 is 2.24 bits per heavy atom. The summed E-state index contributed by atoms with van der Waals surface area (Å²) in [6, 6.07) is 10.7.